The summed E-state index contributed by atoms with van der Waals surface area (Å²) in [6.45, 7) is 8.15. The molecule has 0 saturated heterocycles. The van der Waals surface area contributed by atoms with E-state index in [1.54, 1.807) is 0 Å². The molecule has 4 unspecified atom stereocenters. The molecule has 6 aromatic rings. The highest BCUT2D eigenvalue weighted by atomic mass is 14.9. The molecule has 286 valence electrons. The minimum atomic E-state index is -0.306. The lowest BCUT2D eigenvalue weighted by Gasteiger charge is -2.18. The lowest BCUT2D eigenvalue weighted by molar-refractivity contribution is 0.550. The number of hydrogen-bond donors (Lipinski definition) is 0. The van der Waals surface area contributed by atoms with Crippen LogP contribution in [0.25, 0.3) is 0 Å². The molecule has 6 aromatic carbocycles. The van der Waals surface area contributed by atoms with Gasteiger partial charge in [-0.15, -0.1) is 0 Å². The van der Waals surface area contributed by atoms with Crippen molar-refractivity contribution in [3.05, 3.63) is 191 Å². The first kappa shape index (κ1) is 40.5. The molecule has 0 fully saturated rings. The van der Waals surface area contributed by atoms with Gasteiger partial charge in [0.1, 0.15) is 0 Å². The van der Waals surface area contributed by atoms with Crippen molar-refractivity contribution in [1.82, 2.24) is 0 Å². The molecule has 0 amide bonds. The van der Waals surface area contributed by atoms with E-state index in [-0.39, 0.29) is 24.2 Å². The Labute approximate surface area is 341 Å². The normalized spacial score (nSPS) is 12.4. The minimum absolute atomic E-state index is 0.0685. The van der Waals surface area contributed by atoms with E-state index in [0.29, 0.717) is 12.8 Å². The van der Waals surface area contributed by atoms with Gasteiger partial charge < -0.3 is 0 Å². The lowest BCUT2D eigenvalue weighted by Crippen LogP contribution is -2.03. The maximum atomic E-state index is 4.92. The Morgan fingerprint density at radius 2 is 0.879 bits per heavy atom. The van der Waals surface area contributed by atoms with Gasteiger partial charge in [-0.05, 0) is 110 Å². The van der Waals surface area contributed by atoms with Crippen LogP contribution in [0.2, 0.25) is 0 Å². The van der Waals surface area contributed by atoms with Crippen molar-refractivity contribution < 1.29 is 0 Å². The molecular formula is C50H46N8. The average molecular weight is 759 g/mol. The highest BCUT2D eigenvalue weighted by Gasteiger charge is 2.19. The molecule has 8 nitrogen and oxygen atoms in total. The van der Waals surface area contributed by atoms with Crippen LogP contribution in [0.5, 0.6) is 0 Å². The fourth-order valence-corrected chi connectivity index (χ4v) is 6.26. The first-order chi connectivity index (χ1) is 28.4. The summed E-state index contributed by atoms with van der Waals surface area (Å²) in [5.74, 6) is 0. The van der Waals surface area contributed by atoms with Gasteiger partial charge in [-0.3, -0.25) is 0 Å². The summed E-state index contributed by atoms with van der Waals surface area (Å²) in [6, 6.07) is 63.0. The predicted octanol–water partition coefficient (Wildman–Crippen LogP) is 14.0. The average Bonchev–Trinajstić information content (AvgIpc) is 3.26. The van der Waals surface area contributed by atoms with Crippen LogP contribution in [0, 0.1) is 13.8 Å². The van der Waals surface area contributed by atoms with E-state index in [9.17, 15) is 0 Å². The van der Waals surface area contributed by atoms with Crippen LogP contribution in [0.3, 0.4) is 0 Å². The third-order valence-electron chi connectivity index (χ3n) is 9.74. The van der Waals surface area contributed by atoms with E-state index in [1.807, 2.05) is 130 Å². The standard InChI is InChI=1S/C50H46N8/c1-37-28-29-43(32-50(37)58-34-52-40(4)42-20-11-6-12-21-42)48(56-35-53-44-22-13-7-14-23-44)30-31-49(57-36-54-45-24-15-8-16-25-45)46-26-17-27-47(38(46)2)55-33-51-39(3)41-18-9-5-10-19-41/h5-29,32,39-40,48-49H,30-31H2,1-4H3. The molecule has 0 aliphatic heterocycles. The number of rotatable bonds is 15. The van der Waals surface area contributed by atoms with Crippen molar-refractivity contribution >= 4 is 46.8 Å². The van der Waals surface area contributed by atoms with E-state index >= 15 is 0 Å². The highest BCUT2D eigenvalue weighted by molar-refractivity contribution is 5.60. The van der Waals surface area contributed by atoms with Crippen LogP contribution in [-0.2, 0) is 0 Å². The van der Waals surface area contributed by atoms with E-state index in [0.717, 1.165) is 56.1 Å². The van der Waals surface area contributed by atoms with Crippen molar-refractivity contribution in [1.29, 1.82) is 0 Å². The summed E-state index contributed by atoms with van der Waals surface area (Å²) in [5, 5.41) is 0. The number of hydrogen-bond acceptors (Lipinski definition) is 8. The number of aryl methyl sites for hydroxylation is 1. The van der Waals surface area contributed by atoms with Crippen molar-refractivity contribution in [3.63, 3.8) is 0 Å². The zero-order valence-corrected chi connectivity index (χ0v) is 33.3. The van der Waals surface area contributed by atoms with Crippen LogP contribution in [0.1, 0.15) is 84.2 Å². The Morgan fingerprint density at radius 3 is 1.43 bits per heavy atom. The molecular weight excluding hydrogens is 713 g/mol. The Hall–Kier alpha value is -7.16. The molecule has 0 N–H and O–H groups in total. The Morgan fingerprint density at radius 1 is 0.414 bits per heavy atom. The van der Waals surface area contributed by atoms with Gasteiger partial charge in [0, 0.05) is 0 Å². The molecule has 0 bridgehead atoms. The van der Waals surface area contributed by atoms with Gasteiger partial charge in [0.25, 0.3) is 0 Å². The summed E-state index contributed by atoms with van der Waals surface area (Å²) in [7, 11) is 0. The van der Waals surface area contributed by atoms with Gasteiger partial charge in [0.2, 0.25) is 0 Å². The monoisotopic (exact) mass is 758 g/mol. The first-order valence-corrected chi connectivity index (χ1v) is 19.5. The van der Waals surface area contributed by atoms with E-state index in [4.69, 9.17) is 9.98 Å². The van der Waals surface area contributed by atoms with Crippen LogP contribution >= 0.6 is 0 Å². The predicted molar refractivity (Wildman–Crippen MR) is 238 cm³/mol. The van der Waals surface area contributed by atoms with Crippen molar-refractivity contribution in [2.75, 3.05) is 0 Å². The van der Waals surface area contributed by atoms with Gasteiger partial charge in [-0.2, -0.15) is 20.0 Å². The summed E-state index contributed by atoms with van der Waals surface area (Å²) in [4.78, 5) is 37.3. The largest absolute Gasteiger partial charge is 0.217 e. The van der Waals surface area contributed by atoms with Gasteiger partial charge in [0.05, 0.1) is 71.0 Å². The van der Waals surface area contributed by atoms with Gasteiger partial charge in [-0.1, -0.05) is 121 Å². The van der Waals surface area contributed by atoms with Crippen molar-refractivity contribution in [3.8, 4) is 0 Å². The van der Waals surface area contributed by atoms with Crippen LogP contribution in [0.15, 0.2) is 198 Å². The third-order valence-corrected chi connectivity index (χ3v) is 9.74. The van der Waals surface area contributed by atoms with Gasteiger partial charge in [-0.25, -0.2) is 20.0 Å². The van der Waals surface area contributed by atoms with E-state index in [2.05, 4.69) is 109 Å². The number of benzene rings is 6. The molecule has 0 spiro atoms. The zero-order chi connectivity index (χ0) is 40.4. The highest BCUT2D eigenvalue weighted by Crippen LogP contribution is 2.35. The summed E-state index contributed by atoms with van der Waals surface area (Å²) >= 11 is 0. The van der Waals surface area contributed by atoms with E-state index in [1.165, 1.54) is 0 Å². The first-order valence-electron chi connectivity index (χ1n) is 19.5. The number of para-hydroxylation sites is 2. The molecule has 4 atom stereocenters. The Bertz CT molecular complexity index is 2510. The molecule has 8 heteroatoms. The summed E-state index contributed by atoms with van der Waals surface area (Å²) in [5.41, 5.74) is 9.27. The smallest absolute Gasteiger partial charge is 0.0955 e. The zero-order valence-electron chi connectivity index (χ0n) is 33.3. The van der Waals surface area contributed by atoms with Gasteiger partial charge >= 0.3 is 0 Å². The topological polar surface area (TPSA) is 98.9 Å². The molecule has 0 aliphatic rings. The number of nitrogens with zero attached hydrogens (tertiary/aromatic N) is 8. The minimum Gasteiger partial charge on any atom is -0.217 e. The fourth-order valence-electron chi connectivity index (χ4n) is 6.26. The molecule has 0 aliphatic carbocycles. The number of aliphatic imine (C=N–C) groups is 8. The van der Waals surface area contributed by atoms with Gasteiger partial charge in [0.15, 0.2) is 0 Å². The molecule has 0 saturated carbocycles. The Kier molecular flexibility index (Phi) is 14.8. The second kappa shape index (κ2) is 21.2. The fraction of sp³-hybridized carbons (Fsp3) is 0.200. The molecule has 0 radical (unpaired) electrons. The van der Waals surface area contributed by atoms with Crippen molar-refractivity contribution in [2.45, 2.75) is 64.7 Å². The lowest BCUT2D eigenvalue weighted by atomic mass is 9.93. The maximum Gasteiger partial charge on any atom is 0.0955 e. The van der Waals surface area contributed by atoms with Crippen LogP contribution in [0.4, 0.5) is 22.7 Å². The van der Waals surface area contributed by atoms with Crippen molar-refractivity contribution in [2.24, 2.45) is 39.9 Å². The quantitative estimate of drug-likeness (QED) is 0.0932. The Balaban J connectivity index is 1.33. The summed E-state index contributed by atoms with van der Waals surface area (Å²) in [6.07, 6.45) is 1.24. The van der Waals surface area contributed by atoms with E-state index < -0.39 is 0 Å². The third kappa shape index (κ3) is 11.9. The van der Waals surface area contributed by atoms with Crippen LogP contribution in [-0.4, -0.2) is 24.0 Å². The second-order valence-electron chi connectivity index (χ2n) is 13.9. The maximum absolute atomic E-state index is 4.92. The molecule has 6 rings (SSSR count). The second-order valence-corrected chi connectivity index (χ2v) is 13.9. The summed E-state index contributed by atoms with van der Waals surface area (Å²) < 4.78 is 0. The molecule has 0 aromatic heterocycles. The SMILES string of the molecule is Cc1ccc(C(CCC(N=C=Nc2ccccc2)c2cccc(N=C=NC(C)c3ccccc3)c2C)N=C=Nc2ccccc2)cc1N=C=NC(C)c1ccccc1. The molecule has 0 heterocycles. The van der Waals surface area contributed by atoms with Crippen LogP contribution < -0.4 is 0 Å². The molecule has 58 heavy (non-hydrogen) atoms.